The Morgan fingerprint density at radius 3 is 2.63 bits per heavy atom. The molecule has 0 spiro atoms. The fourth-order valence-corrected chi connectivity index (χ4v) is 4.71. The smallest absolute Gasteiger partial charge is 0.275 e. The maximum Gasteiger partial charge on any atom is 0.275 e. The van der Waals surface area contributed by atoms with Gasteiger partial charge >= 0.3 is 0 Å². The number of aromatic nitrogens is 3. The molecule has 4 aromatic rings. The van der Waals surface area contributed by atoms with Gasteiger partial charge in [-0.1, -0.05) is 47.7 Å². The second kappa shape index (κ2) is 5.76. The highest BCUT2D eigenvalue weighted by Crippen LogP contribution is 2.50. The molecule has 134 valence electrons. The molecule has 1 N–H and O–H groups in total. The molecule has 0 aliphatic heterocycles. The van der Waals surface area contributed by atoms with Crippen LogP contribution in [0.4, 0.5) is 5.13 Å². The van der Waals surface area contributed by atoms with Crippen molar-refractivity contribution in [1.29, 1.82) is 0 Å². The molecule has 0 saturated heterocycles. The first-order valence-electron chi connectivity index (χ1n) is 8.94. The van der Waals surface area contributed by atoms with Gasteiger partial charge < -0.3 is 0 Å². The Morgan fingerprint density at radius 1 is 1.15 bits per heavy atom. The van der Waals surface area contributed by atoms with Gasteiger partial charge in [0.1, 0.15) is 5.69 Å². The van der Waals surface area contributed by atoms with Gasteiger partial charge in [-0.05, 0) is 37.6 Å². The third-order valence-electron chi connectivity index (χ3n) is 4.83. The van der Waals surface area contributed by atoms with Crippen molar-refractivity contribution in [3.63, 3.8) is 0 Å². The van der Waals surface area contributed by atoms with E-state index in [0.29, 0.717) is 10.8 Å². The van der Waals surface area contributed by atoms with Gasteiger partial charge in [0.25, 0.3) is 5.91 Å². The molecule has 2 aromatic carbocycles. The van der Waals surface area contributed by atoms with Gasteiger partial charge in [-0.3, -0.25) is 14.8 Å². The summed E-state index contributed by atoms with van der Waals surface area (Å²) in [5.74, 6) is -0.178. The molecule has 0 radical (unpaired) electrons. The van der Waals surface area contributed by atoms with Gasteiger partial charge in [0, 0.05) is 17.2 Å². The van der Waals surface area contributed by atoms with Gasteiger partial charge in [-0.25, -0.2) is 4.98 Å². The molecule has 1 aliphatic carbocycles. The van der Waals surface area contributed by atoms with Crippen molar-refractivity contribution in [2.45, 2.75) is 26.8 Å². The fraction of sp³-hybridized carbons (Fsp3) is 0.190. The minimum atomic E-state index is -0.178. The van der Waals surface area contributed by atoms with E-state index >= 15 is 0 Å². The number of amides is 1. The number of aryl methyl sites for hydroxylation is 1. The number of hydrogen-bond donors (Lipinski definition) is 1. The van der Waals surface area contributed by atoms with E-state index in [4.69, 9.17) is 4.98 Å². The fourth-order valence-electron chi connectivity index (χ4n) is 3.71. The van der Waals surface area contributed by atoms with Gasteiger partial charge in [-0.15, -0.1) is 0 Å². The quantitative estimate of drug-likeness (QED) is 0.467. The number of benzene rings is 2. The highest BCUT2D eigenvalue weighted by molar-refractivity contribution is 7.20. The molecule has 0 saturated carbocycles. The summed E-state index contributed by atoms with van der Waals surface area (Å²) in [5, 5.41) is 10.5. The first kappa shape index (κ1) is 16.2. The molecule has 5 nitrogen and oxygen atoms in total. The SMILES string of the molecule is Cc1cc(C(=O)Nc2nc3c(s2)-c2cccc4cccc-3c24)n(C(C)C)n1. The molecule has 2 aromatic heterocycles. The summed E-state index contributed by atoms with van der Waals surface area (Å²) in [4.78, 5) is 18.7. The lowest BCUT2D eigenvalue weighted by atomic mass is 10.0. The Bertz CT molecular complexity index is 1160. The predicted octanol–water partition coefficient (Wildman–Crippen LogP) is 5.28. The second-order valence-electron chi connectivity index (χ2n) is 7.07. The third kappa shape index (κ3) is 2.40. The predicted molar refractivity (Wildman–Crippen MR) is 109 cm³/mol. The average Bonchev–Trinajstić information content (AvgIpc) is 3.31. The number of nitrogens with zero attached hydrogens (tertiary/aromatic N) is 3. The number of rotatable bonds is 3. The zero-order valence-electron chi connectivity index (χ0n) is 15.3. The van der Waals surface area contributed by atoms with Crippen molar-refractivity contribution >= 4 is 33.1 Å². The van der Waals surface area contributed by atoms with Crippen LogP contribution in [-0.4, -0.2) is 20.7 Å². The summed E-state index contributed by atoms with van der Waals surface area (Å²) in [6.07, 6.45) is 0. The topological polar surface area (TPSA) is 59.8 Å². The number of carbonyl (C=O) groups is 1. The molecule has 27 heavy (non-hydrogen) atoms. The highest BCUT2D eigenvalue weighted by atomic mass is 32.1. The van der Waals surface area contributed by atoms with E-state index in [0.717, 1.165) is 21.8 Å². The number of anilines is 1. The van der Waals surface area contributed by atoms with Crippen molar-refractivity contribution in [1.82, 2.24) is 14.8 Å². The van der Waals surface area contributed by atoms with Crippen molar-refractivity contribution in [2.75, 3.05) is 5.32 Å². The van der Waals surface area contributed by atoms with Crippen LogP contribution in [0, 0.1) is 6.92 Å². The molecule has 0 fully saturated rings. The molecule has 5 rings (SSSR count). The van der Waals surface area contributed by atoms with Crippen LogP contribution in [0.5, 0.6) is 0 Å². The van der Waals surface area contributed by atoms with E-state index in [1.165, 1.54) is 27.7 Å². The minimum Gasteiger partial charge on any atom is -0.296 e. The van der Waals surface area contributed by atoms with Crippen molar-refractivity contribution in [3.8, 4) is 21.7 Å². The van der Waals surface area contributed by atoms with Crippen LogP contribution in [-0.2, 0) is 0 Å². The lowest BCUT2D eigenvalue weighted by Crippen LogP contribution is -2.18. The van der Waals surface area contributed by atoms with Gasteiger partial charge in [0.05, 0.1) is 16.3 Å². The zero-order chi connectivity index (χ0) is 18.7. The molecule has 0 unspecified atom stereocenters. The number of hydrogen-bond acceptors (Lipinski definition) is 4. The van der Waals surface area contributed by atoms with Gasteiger partial charge in [-0.2, -0.15) is 5.10 Å². The molecule has 0 bridgehead atoms. The number of nitrogens with one attached hydrogen (secondary N) is 1. The molecule has 1 amide bonds. The van der Waals surface area contributed by atoms with Crippen LogP contribution < -0.4 is 5.32 Å². The Hall–Kier alpha value is -2.99. The molecule has 1 aliphatic rings. The first-order chi connectivity index (χ1) is 13.0. The summed E-state index contributed by atoms with van der Waals surface area (Å²) in [6, 6.07) is 14.5. The lowest BCUT2D eigenvalue weighted by molar-refractivity contribution is 0.101. The van der Waals surface area contributed by atoms with Crippen molar-refractivity contribution < 1.29 is 4.79 Å². The van der Waals surface area contributed by atoms with E-state index in [9.17, 15) is 4.79 Å². The molecule has 0 atom stereocenters. The molecular weight excluding hydrogens is 356 g/mol. The van der Waals surface area contributed by atoms with Crippen LogP contribution in [0.2, 0.25) is 0 Å². The van der Waals surface area contributed by atoms with Crippen molar-refractivity contribution in [3.05, 3.63) is 53.9 Å². The van der Waals surface area contributed by atoms with E-state index in [1.807, 2.05) is 26.8 Å². The third-order valence-corrected chi connectivity index (χ3v) is 5.84. The number of thiazole rings is 1. The standard InChI is InChI=1S/C21H18N4OS/c1-11(2)25-16(10-12(3)24-25)20(26)23-21-22-18-14-8-4-6-13-7-5-9-15(17(13)14)19(18)27-21/h4-11H,1-3H3,(H,22,23,26). The van der Waals surface area contributed by atoms with Crippen LogP contribution in [0.15, 0.2) is 42.5 Å². The summed E-state index contributed by atoms with van der Waals surface area (Å²) in [6.45, 7) is 5.92. The van der Waals surface area contributed by atoms with E-state index in [-0.39, 0.29) is 11.9 Å². The molecular formula is C21H18N4OS. The lowest BCUT2D eigenvalue weighted by Gasteiger charge is -2.10. The van der Waals surface area contributed by atoms with Gasteiger partial charge in [0.15, 0.2) is 5.13 Å². The average molecular weight is 374 g/mol. The van der Waals surface area contributed by atoms with Crippen LogP contribution >= 0.6 is 11.3 Å². The minimum absolute atomic E-state index is 0.116. The maximum absolute atomic E-state index is 12.8. The Morgan fingerprint density at radius 2 is 1.89 bits per heavy atom. The normalized spacial score (nSPS) is 12.0. The summed E-state index contributed by atoms with van der Waals surface area (Å²) in [5.41, 5.74) is 4.67. The molecule has 2 heterocycles. The number of carbonyl (C=O) groups excluding carboxylic acids is 1. The first-order valence-corrected chi connectivity index (χ1v) is 9.75. The monoisotopic (exact) mass is 374 g/mol. The van der Waals surface area contributed by atoms with Crippen LogP contribution in [0.25, 0.3) is 32.5 Å². The Kier molecular flexibility index (Phi) is 3.45. The van der Waals surface area contributed by atoms with Crippen molar-refractivity contribution in [2.24, 2.45) is 0 Å². The number of fused-ring (bicyclic) bond motifs is 3. The van der Waals surface area contributed by atoms with E-state index < -0.39 is 0 Å². The summed E-state index contributed by atoms with van der Waals surface area (Å²) < 4.78 is 1.75. The van der Waals surface area contributed by atoms with E-state index in [1.54, 1.807) is 4.68 Å². The maximum atomic E-state index is 12.8. The van der Waals surface area contributed by atoms with Crippen LogP contribution in [0.3, 0.4) is 0 Å². The summed E-state index contributed by atoms with van der Waals surface area (Å²) in [7, 11) is 0. The Balaban J connectivity index is 1.52. The highest BCUT2D eigenvalue weighted by Gasteiger charge is 2.26. The molecule has 6 heteroatoms. The van der Waals surface area contributed by atoms with E-state index in [2.05, 4.69) is 46.8 Å². The summed E-state index contributed by atoms with van der Waals surface area (Å²) >= 11 is 1.52. The Labute approximate surface area is 160 Å². The van der Waals surface area contributed by atoms with Crippen LogP contribution in [0.1, 0.15) is 36.1 Å². The largest absolute Gasteiger partial charge is 0.296 e. The van der Waals surface area contributed by atoms with Gasteiger partial charge in [0.2, 0.25) is 0 Å². The zero-order valence-corrected chi connectivity index (χ0v) is 16.1. The second-order valence-corrected chi connectivity index (χ2v) is 8.07.